The summed E-state index contributed by atoms with van der Waals surface area (Å²) in [6.07, 6.45) is 8.22. The van der Waals surface area contributed by atoms with E-state index in [9.17, 15) is 5.11 Å². The van der Waals surface area contributed by atoms with Crippen LogP contribution in [-0.2, 0) is 6.42 Å². The number of rotatable bonds is 5. The smallest absolute Gasteiger partial charge is 0.130 e. The molecule has 0 aromatic heterocycles. The Morgan fingerprint density at radius 2 is 2.14 bits per heavy atom. The van der Waals surface area contributed by atoms with E-state index in [1.54, 1.807) is 19.4 Å². The highest BCUT2D eigenvalue weighted by molar-refractivity contribution is 6.37. The molecular formula is C17H20N2O2. The summed E-state index contributed by atoms with van der Waals surface area (Å²) in [7, 11) is 1.61. The van der Waals surface area contributed by atoms with Crippen LogP contribution in [0.15, 0.2) is 39.8 Å². The lowest BCUT2D eigenvalue weighted by atomic mass is 10.0. The highest BCUT2D eigenvalue weighted by atomic mass is 16.5. The monoisotopic (exact) mass is 284 g/mol. The molecule has 0 atom stereocenters. The molecular weight excluding hydrogens is 264 g/mol. The standard InChI is InChI=1S/C17H20N2O2/c1-12(2)4-7-15-16(20)8-13(9-17(15)21-3)5-6-14-10-18-11-19-14/h4-6,8-10,20H,7,11H2,1-3H3/b6-5+. The van der Waals surface area contributed by atoms with E-state index in [4.69, 9.17) is 4.74 Å². The van der Waals surface area contributed by atoms with E-state index >= 15 is 0 Å². The molecule has 0 saturated carbocycles. The minimum atomic E-state index is 0.244. The van der Waals surface area contributed by atoms with Crippen molar-refractivity contribution in [2.45, 2.75) is 20.3 Å². The van der Waals surface area contributed by atoms with Crippen LogP contribution >= 0.6 is 0 Å². The van der Waals surface area contributed by atoms with Crippen molar-refractivity contribution >= 4 is 18.0 Å². The molecule has 0 spiro atoms. The number of aromatic hydroxyl groups is 1. The van der Waals surface area contributed by atoms with E-state index in [1.807, 2.05) is 32.1 Å². The molecule has 0 amide bonds. The summed E-state index contributed by atoms with van der Waals surface area (Å²) in [6, 6.07) is 3.65. The van der Waals surface area contributed by atoms with Gasteiger partial charge in [-0.15, -0.1) is 0 Å². The maximum Gasteiger partial charge on any atom is 0.130 e. The van der Waals surface area contributed by atoms with Crippen LogP contribution in [-0.4, -0.2) is 30.8 Å². The molecule has 0 saturated heterocycles. The first-order chi connectivity index (χ1) is 10.1. The van der Waals surface area contributed by atoms with Crippen molar-refractivity contribution in [2.75, 3.05) is 13.8 Å². The van der Waals surface area contributed by atoms with Crippen molar-refractivity contribution in [3.05, 3.63) is 41.0 Å². The number of phenolic OH excluding ortho intramolecular Hbond substituents is 1. The van der Waals surface area contributed by atoms with Crippen molar-refractivity contribution in [1.82, 2.24) is 0 Å². The SMILES string of the molecule is COc1cc(/C=C/C2=NCN=C2)cc(O)c1CC=C(C)C. The van der Waals surface area contributed by atoms with Gasteiger partial charge in [0.1, 0.15) is 18.2 Å². The average molecular weight is 284 g/mol. The van der Waals surface area contributed by atoms with Crippen LogP contribution in [0, 0.1) is 0 Å². The molecule has 0 fully saturated rings. The zero-order valence-electron chi connectivity index (χ0n) is 12.6. The first-order valence-electron chi connectivity index (χ1n) is 6.85. The molecule has 0 bridgehead atoms. The van der Waals surface area contributed by atoms with Crippen molar-refractivity contribution in [3.8, 4) is 11.5 Å². The van der Waals surface area contributed by atoms with Gasteiger partial charge in [0.2, 0.25) is 0 Å². The molecule has 0 radical (unpaired) electrons. The van der Waals surface area contributed by atoms with E-state index in [2.05, 4.69) is 16.1 Å². The van der Waals surface area contributed by atoms with Crippen LogP contribution in [0.3, 0.4) is 0 Å². The van der Waals surface area contributed by atoms with Gasteiger partial charge in [-0.3, -0.25) is 9.98 Å². The summed E-state index contributed by atoms with van der Waals surface area (Å²) >= 11 is 0. The number of aliphatic imine (C=N–C) groups is 2. The fraction of sp³-hybridized carbons (Fsp3) is 0.294. The van der Waals surface area contributed by atoms with E-state index < -0.39 is 0 Å². The molecule has 4 heteroatoms. The highest BCUT2D eigenvalue weighted by Crippen LogP contribution is 2.31. The molecule has 1 aromatic carbocycles. The predicted molar refractivity (Wildman–Crippen MR) is 87.6 cm³/mol. The minimum absolute atomic E-state index is 0.244. The Kier molecular flexibility index (Phi) is 4.93. The quantitative estimate of drug-likeness (QED) is 0.842. The van der Waals surface area contributed by atoms with Gasteiger partial charge in [-0.05, 0) is 44.0 Å². The summed E-state index contributed by atoms with van der Waals surface area (Å²) in [5.74, 6) is 0.933. The van der Waals surface area contributed by atoms with Gasteiger partial charge in [-0.25, -0.2) is 0 Å². The average Bonchev–Trinajstić information content (AvgIpc) is 2.96. The number of allylic oxidation sites excluding steroid dienone is 3. The third-order valence-corrected chi connectivity index (χ3v) is 3.15. The van der Waals surface area contributed by atoms with E-state index in [0.717, 1.165) is 16.8 Å². The molecule has 0 unspecified atom stereocenters. The van der Waals surface area contributed by atoms with E-state index in [0.29, 0.717) is 18.8 Å². The summed E-state index contributed by atoms with van der Waals surface area (Å²) in [5.41, 5.74) is 3.71. The van der Waals surface area contributed by atoms with Gasteiger partial charge in [-0.1, -0.05) is 17.7 Å². The second-order valence-electron chi connectivity index (χ2n) is 5.08. The van der Waals surface area contributed by atoms with Crippen LogP contribution in [0.25, 0.3) is 6.08 Å². The first kappa shape index (κ1) is 15.0. The molecule has 1 aromatic rings. The Morgan fingerprint density at radius 1 is 1.33 bits per heavy atom. The van der Waals surface area contributed by atoms with Gasteiger partial charge in [0, 0.05) is 11.8 Å². The van der Waals surface area contributed by atoms with Crippen LogP contribution in [0.4, 0.5) is 0 Å². The number of hydrogen-bond acceptors (Lipinski definition) is 4. The number of benzene rings is 1. The first-order valence-corrected chi connectivity index (χ1v) is 6.85. The second-order valence-corrected chi connectivity index (χ2v) is 5.08. The lowest BCUT2D eigenvalue weighted by Gasteiger charge is -2.10. The van der Waals surface area contributed by atoms with Gasteiger partial charge in [-0.2, -0.15) is 0 Å². The van der Waals surface area contributed by atoms with E-state index in [-0.39, 0.29) is 5.75 Å². The van der Waals surface area contributed by atoms with Crippen molar-refractivity contribution in [2.24, 2.45) is 9.98 Å². The predicted octanol–water partition coefficient (Wildman–Crippen LogP) is 3.41. The Morgan fingerprint density at radius 3 is 2.76 bits per heavy atom. The molecule has 4 nitrogen and oxygen atoms in total. The normalized spacial score (nSPS) is 13.6. The topological polar surface area (TPSA) is 54.2 Å². The fourth-order valence-corrected chi connectivity index (χ4v) is 2.02. The van der Waals surface area contributed by atoms with Gasteiger partial charge >= 0.3 is 0 Å². The number of methoxy groups -OCH3 is 1. The summed E-state index contributed by atoms with van der Waals surface area (Å²) in [4.78, 5) is 8.21. The Balaban J connectivity index is 2.27. The summed E-state index contributed by atoms with van der Waals surface area (Å²) in [5, 5.41) is 10.2. The van der Waals surface area contributed by atoms with Gasteiger partial charge in [0.05, 0.1) is 12.8 Å². The molecule has 1 aliphatic heterocycles. The fourth-order valence-electron chi connectivity index (χ4n) is 2.02. The summed E-state index contributed by atoms with van der Waals surface area (Å²) < 4.78 is 5.39. The number of ether oxygens (including phenoxy) is 1. The van der Waals surface area contributed by atoms with Crippen LogP contribution < -0.4 is 4.74 Å². The third-order valence-electron chi connectivity index (χ3n) is 3.15. The molecule has 110 valence electrons. The zero-order chi connectivity index (χ0) is 15.2. The molecule has 2 rings (SSSR count). The molecule has 21 heavy (non-hydrogen) atoms. The highest BCUT2D eigenvalue weighted by Gasteiger charge is 2.09. The Hall–Kier alpha value is -2.36. The number of phenols is 1. The third kappa shape index (κ3) is 4.05. The Labute approximate surface area is 125 Å². The number of nitrogens with zero attached hydrogens (tertiary/aromatic N) is 2. The lowest BCUT2D eigenvalue weighted by Crippen LogP contribution is -1.94. The van der Waals surface area contributed by atoms with Gasteiger partial charge in [0.25, 0.3) is 0 Å². The van der Waals surface area contributed by atoms with E-state index in [1.165, 1.54) is 5.57 Å². The van der Waals surface area contributed by atoms with Gasteiger partial charge in [0.15, 0.2) is 0 Å². The maximum absolute atomic E-state index is 10.2. The summed E-state index contributed by atoms with van der Waals surface area (Å²) in [6.45, 7) is 4.56. The minimum Gasteiger partial charge on any atom is -0.507 e. The lowest BCUT2D eigenvalue weighted by molar-refractivity contribution is 0.401. The maximum atomic E-state index is 10.2. The molecule has 1 aliphatic rings. The van der Waals surface area contributed by atoms with Crippen LogP contribution in [0.2, 0.25) is 0 Å². The molecule has 1 N–H and O–H groups in total. The van der Waals surface area contributed by atoms with Crippen LogP contribution in [0.5, 0.6) is 11.5 Å². The molecule has 0 aliphatic carbocycles. The molecule has 1 heterocycles. The zero-order valence-corrected chi connectivity index (χ0v) is 12.6. The second kappa shape index (κ2) is 6.88. The number of hydrogen-bond donors (Lipinski definition) is 1. The largest absolute Gasteiger partial charge is 0.507 e. The van der Waals surface area contributed by atoms with Gasteiger partial charge < -0.3 is 9.84 Å². The van der Waals surface area contributed by atoms with Crippen molar-refractivity contribution in [3.63, 3.8) is 0 Å². The Bertz CT molecular complexity index is 636. The van der Waals surface area contributed by atoms with Crippen molar-refractivity contribution < 1.29 is 9.84 Å². The van der Waals surface area contributed by atoms with Crippen LogP contribution in [0.1, 0.15) is 25.0 Å². The van der Waals surface area contributed by atoms with Crippen molar-refractivity contribution in [1.29, 1.82) is 0 Å².